The van der Waals surface area contributed by atoms with Gasteiger partial charge in [0.05, 0.1) is 12.2 Å². The van der Waals surface area contributed by atoms with E-state index < -0.39 is 0 Å². The van der Waals surface area contributed by atoms with E-state index in [0.717, 1.165) is 22.6 Å². The second-order valence-electron chi connectivity index (χ2n) is 6.24. The van der Waals surface area contributed by atoms with Gasteiger partial charge in [-0.05, 0) is 24.6 Å². The molecular weight excluding hydrogens is 333 g/mol. The Hall–Kier alpha value is -3.29. The molecule has 0 saturated heterocycles. The Morgan fingerprint density at radius 1 is 1.15 bits per heavy atom. The molecule has 3 aromatic heterocycles. The van der Waals surface area contributed by atoms with Crippen LogP contribution in [0.1, 0.15) is 22.9 Å². The first kappa shape index (κ1) is 16.2. The average molecular weight is 351 g/mol. The molecule has 0 fully saturated rings. The summed E-state index contributed by atoms with van der Waals surface area (Å²) >= 11 is 0. The zero-order valence-corrected chi connectivity index (χ0v) is 14.7. The van der Waals surface area contributed by atoms with Gasteiger partial charge in [0.1, 0.15) is 18.0 Å². The maximum absolute atomic E-state index is 13.9. The van der Waals surface area contributed by atoms with Crippen molar-refractivity contribution >= 4 is 11.6 Å². The number of anilines is 1. The van der Waals surface area contributed by atoms with E-state index >= 15 is 0 Å². The van der Waals surface area contributed by atoms with Crippen LogP contribution in [0, 0.1) is 12.7 Å². The maximum Gasteiger partial charge on any atom is 0.254 e. The molecule has 4 aromatic rings. The molecule has 8 heteroatoms. The number of aromatic nitrogens is 6. The summed E-state index contributed by atoms with van der Waals surface area (Å²) in [5.41, 5.74) is 2.60. The Balaban J connectivity index is 1.89. The molecule has 132 valence electrons. The Labute approximate surface area is 149 Å². The van der Waals surface area contributed by atoms with Crippen LogP contribution in [0.5, 0.6) is 0 Å². The summed E-state index contributed by atoms with van der Waals surface area (Å²) in [6, 6.07) is 8.30. The molecule has 4 rings (SSSR count). The van der Waals surface area contributed by atoms with Gasteiger partial charge in [0.25, 0.3) is 5.78 Å². The van der Waals surface area contributed by atoms with Crippen molar-refractivity contribution in [1.82, 2.24) is 29.4 Å². The minimum absolute atomic E-state index is 0.242. The quantitative estimate of drug-likeness (QED) is 0.565. The number of hydrogen-bond acceptors (Lipinski definition) is 5. The lowest BCUT2D eigenvalue weighted by atomic mass is 10.00. The summed E-state index contributed by atoms with van der Waals surface area (Å²) in [7, 11) is 3.80. The summed E-state index contributed by atoms with van der Waals surface area (Å²) in [4.78, 5) is 10.6. The third kappa shape index (κ3) is 2.79. The van der Waals surface area contributed by atoms with E-state index in [1.54, 1.807) is 27.5 Å². The molecule has 0 N–H and O–H groups in total. The van der Waals surface area contributed by atoms with E-state index in [0.29, 0.717) is 5.78 Å². The largest absolute Gasteiger partial charge is 0.348 e. The Kier molecular flexibility index (Phi) is 3.87. The summed E-state index contributed by atoms with van der Waals surface area (Å²) in [5.74, 6) is 1.06. The van der Waals surface area contributed by atoms with Gasteiger partial charge < -0.3 is 4.90 Å². The molecule has 1 atom stereocenters. The Morgan fingerprint density at radius 2 is 2.00 bits per heavy atom. The number of fused-ring (bicyclic) bond motifs is 1. The van der Waals surface area contributed by atoms with Crippen LogP contribution in [-0.4, -0.2) is 36.4 Å². The SMILES string of the molecule is Cc1cc(N(C)C(c2cccc(F)c2)c2cnn(C)c2)n2ncnc2n1. The van der Waals surface area contributed by atoms with Crippen LogP contribution in [-0.2, 0) is 7.05 Å². The lowest BCUT2D eigenvalue weighted by molar-refractivity contribution is 0.621. The molecule has 0 aliphatic carbocycles. The monoisotopic (exact) mass is 351 g/mol. The Morgan fingerprint density at radius 3 is 2.73 bits per heavy atom. The average Bonchev–Trinajstić information content (AvgIpc) is 3.23. The van der Waals surface area contributed by atoms with Crippen LogP contribution < -0.4 is 4.90 Å². The van der Waals surface area contributed by atoms with Crippen LogP contribution in [0.25, 0.3) is 5.78 Å². The number of aryl methyl sites for hydroxylation is 2. The fraction of sp³-hybridized carbons (Fsp3) is 0.222. The molecule has 7 nitrogen and oxygen atoms in total. The first-order valence-corrected chi connectivity index (χ1v) is 8.17. The fourth-order valence-corrected chi connectivity index (χ4v) is 3.19. The van der Waals surface area contributed by atoms with Crippen molar-refractivity contribution < 1.29 is 4.39 Å². The van der Waals surface area contributed by atoms with Gasteiger partial charge in [-0.15, -0.1) is 0 Å². The topological polar surface area (TPSA) is 64.1 Å². The van der Waals surface area contributed by atoms with Crippen molar-refractivity contribution in [1.29, 1.82) is 0 Å². The highest BCUT2D eigenvalue weighted by molar-refractivity contribution is 5.51. The van der Waals surface area contributed by atoms with Gasteiger partial charge >= 0.3 is 0 Å². The van der Waals surface area contributed by atoms with Gasteiger partial charge in [-0.25, -0.2) is 9.37 Å². The Bertz CT molecular complexity index is 1070. The fourth-order valence-electron chi connectivity index (χ4n) is 3.19. The minimum atomic E-state index is -0.276. The zero-order valence-electron chi connectivity index (χ0n) is 14.7. The molecule has 0 aliphatic heterocycles. The molecule has 0 spiro atoms. The smallest absolute Gasteiger partial charge is 0.254 e. The molecule has 0 radical (unpaired) electrons. The van der Waals surface area contributed by atoms with Crippen molar-refractivity contribution in [2.45, 2.75) is 13.0 Å². The van der Waals surface area contributed by atoms with Crippen molar-refractivity contribution in [2.24, 2.45) is 7.05 Å². The molecular formula is C18H18FN7. The third-order valence-corrected chi connectivity index (χ3v) is 4.31. The normalized spacial score (nSPS) is 12.5. The second kappa shape index (κ2) is 6.21. The lowest BCUT2D eigenvalue weighted by Gasteiger charge is -2.30. The van der Waals surface area contributed by atoms with E-state index in [2.05, 4.69) is 20.2 Å². The molecule has 1 unspecified atom stereocenters. The van der Waals surface area contributed by atoms with Crippen molar-refractivity contribution in [3.05, 3.63) is 71.7 Å². The van der Waals surface area contributed by atoms with Crippen molar-refractivity contribution in [3.8, 4) is 0 Å². The summed E-state index contributed by atoms with van der Waals surface area (Å²) < 4.78 is 17.3. The molecule has 1 aromatic carbocycles. The van der Waals surface area contributed by atoms with Gasteiger partial charge in [-0.3, -0.25) is 4.68 Å². The second-order valence-corrected chi connectivity index (χ2v) is 6.24. The third-order valence-electron chi connectivity index (χ3n) is 4.31. The van der Waals surface area contributed by atoms with Crippen LogP contribution in [0.15, 0.2) is 49.1 Å². The molecule has 0 amide bonds. The van der Waals surface area contributed by atoms with Crippen LogP contribution >= 0.6 is 0 Å². The number of hydrogen-bond donors (Lipinski definition) is 0. The summed E-state index contributed by atoms with van der Waals surface area (Å²) in [6.45, 7) is 1.91. The predicted molar refractivity (Wildman–Crippen MR) is 95.4 cm³/mol. The van der Waals surface area contributed by atoms with Gasteiger partial charge in [0.15, 0.2) is 0 Å². The highest BCUT2D eigenvalue weighted by Crippen LogP contribution is 2.32. The molecule has 0 bridgehead atoms. The summed E-state index contributed by atoms with van der Waals surface area (Å²) in [6.07, 6.45) is 5.19. The number of nitrogens with zero attached hydrogens (tertiary/aromatic N) is 7. The van der Waals surface area contributed by atoms with Crippen LogP contribution in [0.2, 0.25) is 0 Å². The van der Waals surface area contributed by atoms with Crippen LogP contribution in [0.4, 0.5) is 10.2 Å². The molecule has 3 heterocycles. The number of rotatable bonds is 4. The first-order valence-electron chi connectivity index (χ1n) is 8.17. The van der Waals surface area contributed by atoms with Crippen molar-refractivity contribution in [3.63, 3.8) is 0 Å². The van der Waals surface area contributed by atoms with E-state index in [9.17, 15) is 4.39 Å². The highest BCUT2D eigenvalue weighted by Gasteiger charge is 2.24. The van der Waals surface area contributed by atoms with E-state index in [-0.39, 0.29) is 11.9 Å². The molecule has 0 aliphatic rings. The molecule has 26 heavy (non-hydrogen) atoms. The van der Waals surface area contributed by atoms with Crippen LogP contribution in [0.3, 0.4) is 0 Å². The van der Waals surface area contributed by atoms with Crippen molar-refractivity contribution in [2.75, 3.05) is 11.9 Å². The van der Waals surface area contributed by atoms with E-state index in [1.807, 2.05) is 44.2 Å². The van der Waals surface area contributed by atoms with Gasteiger partial charge in [0, 0.05) is 37.6 Å². The maximum atomic E-state index is 13.9. The van der Waals surface area contributed by atoms with E-state index in [1.165, 1.54) is 12.4 Å². The minimum Gasteiger partial charge on any atom is -0.348 e. The van der Waals surface area contributed by atoms with E-state index in [4.69, 9.17) is 0 Å². The van der Waals surface area contributed by atoms with Gasteiger partial charge in [-0.1, -0.05) is 12.1 Å². The molecule has 0 saturated carbocycles. The highest BCUT2D eigenvalue weighted by atomic mass is 19.1. The summed E-state index contributed by atoms with van der Waals surface area (Å²) in [5, 5.41) is 8.56. The number of halogens is 1. The standard InChI is InChI=1S/C18H18FN7/c1-12-7-16(26-18(23-12)20-11-22-26)25(3)17(14-9-21-24(2)10-14)13-5-4-6-15(19)8-13/h4-11,17H,1-3H3. The lowest BCUT2D eigenvalue weighted by Crippen LogP contribution is -2.27. The van der Waals surface area contributed by atoms with Gasteiger partial charge in [-0.2, -0.15) is 19.7 Å². The van der Waals surface area contributed by atoms with Gasteiger partial charge in [0.2, 0.25) is 0 Å². The first-order chi connectivity index (χ1) is 12.5. The number of benzene rings is 1. The zero-order chi connectivity index (χ0) is 18.3. The predicted octanol–water partition coefficient (Wildman–Crippen LogP) is 2.53.